The number of carbonyl (C=O) groups is 2. The molecule has 2 heterocycles. The fourth-order valence-electron chi connectivity index (χ4n) is 2.38. The topological polar surface area (TPSA) is 72.0 Å². The summed E-state index contributed by atoms with van der Waals surface area (Å²) < 4.78 is 10.2. The minimum Gasteiger partial charge on any atom is -0.496 e. The van der Waals surface area contributed by atoms with Crippen molar-refractivity contribution in [3.8, 4) is 11.6 Å². The van der Waals surface area contributed by atoms with Gasteiger partial charge >= 0.3 is 0 Å². The van der Waals surface area contributed by atoms with Crippen LogP contribution in [-0.4, -0.2) is 67.5 Å². The number of hydrogen-bond acceptors (Lipinski definition) is 5. The fourth-order valence-corrected chi connectivity index (χ4v) is 2.38. The number of hydrogen-bond donors (Lipinski definition) is 0. The Hall–Kier alpha value is -2.31. The molecular weight excluding hydrogens is 286 g/mol. The lowest BCUT2D eigenvalue weighted by atomic mass is 10.2. The molecule has 22 heavy (non-hydrogen) atoms. The second-order valence-corrected chi connectivity index (χ2v) is 5.14. The molecule has 1 aromatic rings. The van der Waals surface area contributed by atoms with Crippen LogP contribution in [0.15, 0.2) is 12.3 Å². The molecule has 7 heteroatoms. The van der Waals surface area contributed by atoms with Crippen LogP contribution >= 0.6 is 0 Å². The number of amides is 2. The van der Waals surface area contributed by atoms with E-state index in [4.69, 9.17) is 9.47 Å². The maximum atomic E-state index is 12.5. The molecule has 0 aliphatic carbocycles. The largest absolute Gasteiger partial charge is 0.496 e. The highest BCUT2D eigenvalue weighted by atomic mass is 16.5. The lowest BCUT2D eigenvalue weighted by Crippen LogP contribution is -2.37. The molecule has 0 N–H and O–H groups in total. The predicted molar refractivity (Wildman–Crippen MR) is 80.1 cm³/mol. The second kappa shape index (κ2) is 7.11. The van der Waals surface area contributed by atoms with Gasteiger partial charge in [0.15, 0.2) is 0 Å². The van der Waals surface area contributed by atoms with Crippen LogP contribution in [0.25, 0.3) is 0 Å². The third-order valence-electron chi connectivity index (χ3n) is 3.72. The summed E-state index contributed by atoms with van der Waals surface area (Å²) in [5, 5.41) is 0. The van der Waals surface area contributed by atoms with Crippen LogP contribution in [0, 0.1) is 0 Å². The zero-order valence-corrected chi connectivity index (χ0v) is 13.2. The zero-order valence-electron chi connectivity index (χ0n) is 13.2. The molecule has 0 atom stereocenters. The van der Waals surface area contributed by atoms with Crippen molar-refractivity contribution in [2.75, 3.05) is 40.9 Å². The van der Waals surface area contributed by atoms with Crippen molar-refractivity contribution in [2.45, 2.75) is 12.8 Å². The summed E-state index contributed by atoms with van der Waals surface area (Å²) in [4.78, 5) is 31.4. The minimum atomic E-state index is -0.196. The molecule has 0 aromatic carbocycles. The number of likely N-dealkylation sites (tertiary alicyclic amines) is 1. The van der Waals surface area contributed by atoms with Crippen LogP contribution in [0.5, 0.6) is 11.6 Å². The molecule has 0 spiro atoms. The van der Waals surface area contributed by atoms with E-state index in [1.807, 2.05) is 0 Å². The lowest BCUT2D eigenvalue weighted by Gasteiger charge is -2.22. The summed E-state index contributed by atoms with van der Waals surface area (Å²) in [7, 11) is 4.70. The SMILES string of the molecule is COc1cc(OC)c(C(=O)N(C)CCN2CCCC2=O)cn1. The molecule has 2 amide bonds. The van der Waals surface area contributed by atoms with Gasteiger partial charge in [-0.15, -0.1) is 0 Å². The standard InChI is InChI=1S/C15H21N3O4/c1-17(7-8-18-6-4-5-14(18)19)15(20)11-10-16-13(22-3)9-12(11)21-2/h9-10H,4-8H2,1-3H3. The Balaban J connectivity index is 2.02. The Labute approximate surface area is 129 Å². The molecule has 0 radical (unpaired) electrons. The summed E-state index contributed by atoms with van der Waals surface area (Å²) in [5.41, 5.74) is 0.374. The van der Waals surface area contributed by atoms with Gasteiger partial charge in [0, 0.05) is 45.4 Å². The van der Waals surface area contributed by atoms with Crippen molar-refractivity contribution in [3.05, 3.63) is 17.8 Å². The second-order valence-electron chi connectivity index (χ2n) is 5.14. The molecule has 2 rings (SSSR count). The number of nitrogens with zero attached hydrogens (tertiary/aromatic N) is 3. The van der Waals surface area contributed by atoms with Gasteiger partial charge in [-0.2, -0.15) is 0 Å². The first kappa shape index (κ1) is 16.1. The van der Waals surface area contributed by atoms with Crippen molar-refractivity contribution in [2.24, 2.45) is 0 Å². The van der Waals surface area contributed by atoms with E-state index in [1.165, 1.54) is 20.4 Å². The fraction of sp³-hybridized carbons (Fsp3) is 0.533. The Morgan fingerprint density at radius 3 is 2.77 bits per heavy atom. The van der Waals surface area contributed by atoms with Gasteiger partial charge in [-0.1, -0.05) is 0 Å². The van der Waals surface area contributed by atoms with Crippen LogP contribution in [-0.2, 0) is 4.79 Å². The van der Waals surface area contributed by atoms with E-state index in [-0.39, 0.29) is 11.8 Å². The van der Waals surface area contributed by atoms with Crippen molar-refractivity contribution in [3.63, 3.8) is 0 Å². The van der Waals surface area contributed by atoms with Gasteiger partial charge in [0.25, 0.3) is 5.91 Å². The summed E-state index contributed by atoms with van der Waals surface area (Å²) in [6, 6.07) is 1.57. The Bertz CT molecular complexity index is 562. The summed E-state index contributed by atoms with van der Waals surface area (Å²) in [6.07, 6.45) is 2.94. The molecule has 0 bridgehead atoms. The number of aromatic nitrogens is 1. The van der Waals surface area contributed by atoms with Gasteiger partial charge in [-0.3, -0.25) is 9.59 Å². The van der Waals surface area contributed by atoms with E-state index < -0.39 is 0 Å². The Morgan fingerprint density at radius 2 is 2.18 bits per heavy atom. The van der Waals surface area contributed by atoms with Crippen LogP contribution in [0.2, 0.25) is 0 Å². The van der Waals surface area contributed by atoms with Crippen LogP contribution in [0.1, 0.15) is 23.2 Å². The van der Waals surface area contributed by atoms with E-state index in [2.05, 4.69) is 4.98 Å². The molecule has 7 nitrogen and oxygen atoms in total. The normalized spacial score (nSPS) is 14.1. The van der Waals surface area contributed by atoms with Gasteiger partial charge in [0.1, 0.15) is 11.3 Å². The molecular formula is C15H21N3O4. The minimum absolute atomic E-state index is 0.157. The number of rotatable bonds is 6. The zero-order chi connectivity index (χ0) is 16.1. The highest BCUT2D eigenvalue weighted by Crippen LogP contribution is 2.23. The first-order chi connectivity index (χ1) is 10.6. The predicted octanol–water partition coefficient (Wildman–Crippen LogP) is 0.793. The van der Waals surface area contributed by atoms with Gasteiger partial charge in [0.05, 0.1) is 14.2 Å². The van der Waals surface area contributed by atoms with Gasteiger partial charge < -0.3 is 19.3 Å². The van der Waals surface area contributed by atoms with Crippen molar-refractivity contribution < 1.29 is 19.1 Å². The van der Waals surface area contributed by atoms with Crippen LogP contribution in [0.4, 0.5) is 0 Å². The van der Waals surface area contributed by atoms with E-state index in [0.29, 0.717) is 36.7 Å². The molecule has 0 saturated carbocycles. The molecule has 1 aliphatic heterocycles. The summed E-state index contributed by atoms with van der Waals surface area (Å²) in [5.74, 6) is 0.767. The monoisotopic (exact) mass is 307 g/mol. The molecule has 120 valence electrons. The highest BCUT2D eigenvalue weighted by molar-refractivity contribution is 5.96. The number of pyridine rings is 1. The maximum absolute atomic E-state index is 12.5. The highest BCUT2D eigenvalue weighted by Gasteiger charge is 2.22. The van der Waals surface area contributed by atoms with E-state index in [9.17, 15) is 9.59 Å². The number of carbonyl (C=O) groups excluding carboxylic acids is 2. The third-order valence-corrected chi connectivity index (χ3v) is 3.72. The summed E-state index contributed by atoms with van der Waals surface area (Å²) in [6.45, 7) is 1.79. The quantitative estimate of drug-likeness (QED) is 0.777. The summed E-state index contributed by atoms with van der Waals surface area (Å²) >= 11 is 0. The van der Waals surface area contributed by atoms with Gasteiger partial charge in [0.2, 0.25) is 11.8 Å². The molecule has 1 aliphatic rings. The molecule has 0 unspecified atom stereocenters. The Kier molecular flexibility index (Phi) is 5.19. The average Bonchev–Trinajstić information content (AvgIpc) is 2.96. The number of likely N-dealkylation sites (N-methyl/N-ethyl adjacent to an activating group) is 1. The third kappa shape index (κ3) is 3.47. The molecule has 1 fully saturated rings. The smallest absolute Gasteiger partial charge is 0.259 e. The molecule has 1 saturated heterocycles. The van der Waals surface area contributed by atoms with E-state index in [1.54, 1.807) is 22.9 Å². The van der Waals surface area contributed by atoms with Gasteiger partial charge in [-0.25, -0.2) is 4.98 Å². The van der Waals surface area contributed by atoms with E-state index >= 15 is 0 Å². The first-order valence-electron chi connectivity index (χ1n) is 7.18. The molecule has 1 aromatic heterocycles. The number of methoxy groups -OCH3 is 2. The van der Waals surface area contributed by atoms with E-state index in [0.717, 1.165) is 13.0 Å². The maximum Gasteiger partial charge on any atom is 0.259 e. The number of ether oxygens (including phenoxy) is 2. The van der Waals surface area contributed by atoms with Gasteiger partial charge in [-0.05, 0) is 6.42 Å². The van der Waals surface area contributed by atoms with Crippen LogP contribution in [0.3, 0.4) is 0 Å². The Morgan fingerprint density at radius 1 is 1.41 bits per heavy atom. The van der Waals surface area contributed by atoms with Crippen molar-refractivity contribution in [1.82, 2.24) is 14.8 Å². The van der Waals surface area contributed by atoms with Crippen LogP contribution < -0.4 is 9.47 Å². The first-order valence-corrected chi connectivity index (χ1v) is 7.18. The average molecular weight is 307 g/mol. The van der Waals surface area contributed by atoms with Crippen molar-refractivity contribution in [1.29, 1.82) is 0 Å². The lowest BCUT2D eigenvalue weighted by molar-refractivity contribution is -0.127. The van der Waals surface area contributed by atoms with Crippen molar-refractivity contribution >= 4 is 11.8 Å².